The molecule has 112 valence electrons. The van der Waals surface area contributed by atoms with E-state index in [-0.39, 0.29) is 11.5 Å². The molecule has 1 rings (SSSR count). The van der Waals surface area contributed by atoms with E-state index in [1.165, 1.54) is 31.7 Å². The van der Waals surface area contributed by atoms with Gasteiger partial charge in [-0.1, -0.05) is 41.6 Å². The number of ether oxygens (including phenoxy) is 1. The van der Waals surface area contributed by atoms with Gasteiger partial charge in [-0.2, -0.15) is 0 Å². The highest BCUT2D eigenvalue weighted by atomic mass is 79.9. The van der Waals surface area contributed by atoms with Crippen LogP contribution in [-0.2, 0) is 0 Å². The number of hydrogen-bond acceptors (Lipinski definition) is 3. The second-order valence-corrected chi connectivity index (χ2v) is 5.66. The van der Waals surface area contributed by atoms with E-state index in [2.05, 4.69) is 15.9 Å². The molecule has 0 aliphatic heterocycles. The van der Waals surface area contributed by atoms with E-state index in [0.29, 0.717) is 17.7 Å². The van der Waals surface area contributed by atoms with Gasteiger partial charge in [0.1, 0.15) is 11.5 Å². The first-order valence-corrected chi connectivity index (χ1v) is 8.27. The van der Waals surface area contributed by atoms with Gasteiger partial charge in [-0.3, -0.25) is 4.79 Å². The van der Waals surface area contributed by atoms with Crippen LogP contribution in [0, 0.1) is 0 Å². The molecule has 0 unspecified atom stereocenters. The van der Waals surface area contributed by atoms with Gasteiger partial charge < -0.3 is 9.84 Å². The quantitative estimate of drug-likeness (QED) is 0.380. The summed E-state index contributed by atoms with van der Waals surface area (Å²) in [7, 11) is 1.55. The average molecular weight is 343 g/mol. The summed E-state index contributed by atoms with van der Waals surface area (Å²) in [4.78, 5) is 12.0. The van der Waals surface area contributed by atoms with Crippen LogP contribution < -0.4 is 4.74 Å². The predicted molar refractivity (Wildman–Crippen MR) is 85.1 cm³/mol. The van der Waals surface area contributed by atoms with E-state index in [0.717, 1.165) is 18.2 Å². The first-order valence-electron chi connectivity index (χ1n) is 7.15. The minimum atomic E-state index is -0.0122. The minimum Gasteiger partial charge on any atom is -0.507 e. The molecule has 20 heavy (non-hydrogen) atoms. The minimum absolute atomic E-state index is 0.0122. The summed E-state index contributed by atoms with van der Waals surface area (Å²) in [5.41, 5.74) is 0.364. The molecule has 0 saturated heterocycles. The van der Waals surface area contributed by atoms with Crippen LogP contribution in [0.4, 0.5) is 0 Å². The molecular weight excluding hydrogens is 320 g/mol. The SMILES string of the molecule is COc1ccc(O)c(C(=O)CCCCCCCCBr)c1. The average Bonchev–Trinajstić information content (AvgIpc) is 2.46. The maximum atomic E-state index is 12.0. The van der Waals surface area contributed by atoms with Gasteiger partial charge in [0.05, 0.1) is 12.7 Å². The number of halogens is 1. The molecular formula is C16H23BrO3. The molecule has 0 bridgehead atoms. The molecule has 1 aromatic rings. The molecule has 1 aromatic carbocycles. The van der Waals surface area contributed by atoms with Gasteiger partial charge >= 0.3 is 0 Å². The third-order valence-corrected chi connectivity index (χ3v) is 3.85. The molecule has 0 fully saturated rings. The lowest BCUT2D eigenvalue weighted by atomic mass is 10.0. The third kappa shape index (κ3) is 5.95. The van der Waals surface area contributed by atoms with Gasteiger partial charge in [-0.15, -0.1) is 0 Å². The fourth-order valence-electron chi connectivity index (χ4n) is 2.09. The number of carbonyl (C=O) groups excluding carboxylic acids is 1. The van der Waals surface area contributed by atoms with Crippen molar-refractivity contribution in [2.24, 2.45) is 0 Å². The van der Waals surface area contributed by atoms with Gasteiger partial charge in [0.2, 0.25) is 0 Å². The van der Waals surface area contributed by atoms with E-state index < -0.39 is 0 Å². The van der Waals surface area contributed by atoms with Crippen molar-refractivity contribution in [2.75, 3.05) is 12.4 Å². The van der Waals surface area contributed by atoms with Crippen molar-refractivity contribution in [3.05, 3.63) is 23.8 Å². The van der Waals surface area contributed by atoms with Gasteiger partial charge in [-0.05, 0) is 31.0 Å². The Bertz CT molecular complexity index is 418. The molecule has 0 spiro atoms. The summed E-state index contributed by atoms with van der Waals surface area (Å²) in [6.45, 7) is 0. The summed E-state index contributed by atoms with van der Waals surface area (Å²) < 4.78 is 5.07. The molecule has 0 aliphatic carbocycles. The van der Waals surface area contributed by atoms with Crippen molar-refractivity contribution in [3.63, 3.8) is 0 Å². The number of hydrogen-bond donors (Lipinski definition) is 1. The smallest absolute Gasteiger partial charge is 0.166 e. The van der Waals surface area contributed by atoms with E-state index in [9.17, 15) is 9.90 Å². The van der Waals surface area contributed by atoms with E-state index in [1.54, 1.807) is 19.2 Å². The lowest BCUT2D eigenvalue weighted by molar-refractivity contribution is 0.0976. The van der Waals surface area contributed by atoms with Crippen LogP contribution in [0.25, 0.3) is 0 Å². The number of ketones is 1. The number of Topliss-reactive ketones (excluding diaryl/α,β-unsaturated/α-hetero) is 1. The number of phenols is 1. The molecule has 0 atom stereocenters. The van der Waals surface area contributed by atoms with Crippen LogP contribution in [0.2, 0.25) is 0 Å². The van der Waals surface area contributed by atoms with E-state index in [1.807, 2.05) is 0 Å². The van der Waals surface area contributed by atoms with Crippen molar-refractivity contribution in [2.45, 2.75) is 44.9 Å². The lowest BCUT2D eigenvalue weighted by Crippen LogP contribution is -2.00. The summed E-state index contributed by atoms with van der Waals surface area (Å²) in [6, 6.07) is 4.76. The molecule has 0 heterocycles. The maximum absolute atomic E-state index is 12.0. The van der Waals surface area contributed by atoms with Crippen molar-refractivity contribution >= 4 is 21.7 Å². The number of unbranched alkanes of at least 4 members (excludes halogenated alkanes) is 5. The lowest BCUT2D eigenvalue weighted by Gasteiger charge is -2.06. The number of carbonyl (C=O) groups is 1. The number of phenolic OH excluding ortho intramolecular Hbond substituents is 1. The van der Waals surface area contributed by atoms with E-state index in [4.69, 9.17) is 4.74 Å². The van der Waals surface area contributed by atoms with Gasteiger partial charge in [0.15, 0.2) is 5.78 Å². The number of aromatic hydroxyl groups is 1. The number of benzene rings is 1. The maximum Gasteiger partial charge on any atom is 0.166 e. The Balaban J connectivity index is 2.32. The zero-order chi connectivity index (χ0) is 14.8. The Morgan fingerprint density at radius 3 is 2.45 bits per heavy atom. The molecule has 0 saturated carbocycles. The largest absolute Gasteiger partial charge is 0.507 e. The molecule has 0 radical (unpaired) electrons. The van der Waals surface area contributed by atoms with Crippen LogP contribution in [0.15, 0.2) is 18.2 Å². The second kappa shape index (κ2) is 9.81. The zero-order valence-corrected chi connectivity index (χ0v) is 13.6. The molecule has 1 N–H and O–H groups in total. The normalized spacial score (nSPS) is 10.5. The summed E-state index contributed by atoms with van der Waals surface area (Å²) >= 11 is 3.42. The monoisotopic (exact) mass is 342 g/mol. The number of alkyl halides is 1. The highest BCUT2D eigenvalue weighted by Gasteiger charge is 2.11. The van der Waals surface area contributed by atoms with Crippen LogP contribution in [0.3, 0.4) is 0 Å². The predicted octanol–water partition coefficient (Wildman–Crippen LogP) is 4.71. The highest BCUT2D eigenvalue weighted by Crippen LogP contribution is 2.24. The first kappa shape index (κ1) is 17.0. The Kier molecular flexibility index (Phi) is 8.35. The number of rotatable bonds is 10. The van der Waals surface area contributed by atoms with Crippen molar-refractivity contribution in [1.29, 1.82) is 0 Å². The molecule has 0 aromatic heterocycles. The van der Waals surface area contributed by atoms with E-state index >= 15 is 0 Å². The van der Waals surface area contributed by atoms with Gasteiger partial charge in [0.25, 0.3) is 0 Å². The Labute approximate surface area is 129 Å². The molecule has 0 amide bonds. The van der Waals surface area contributed by atoms with Gasteiger partial charge in [-0.25, -0.2) is 0 Å². The summed E-state index contributed by atoms with van der Waals surface area (Å²) in [5, 5.41) is 10.8. The second-order valence-electron chi connectivity index (χ2n) is 4.87. The van der Waals surface area contributed by atoms with Crippen LogP contribution in [0.5, 0.6) is 11.5 Å². The molecule has 4 heteroatoms. The fraction of sp³-hybridized carbons (Fsp3) is 0.562. The Morgan fingerprint density at radius 1 is 1.15 bits per heavy atom. The fourth-order valence-corrected chi connectivity index (χ4v) is 2.48. The van der Waals surface area contributed by atoms with Gasteiger partial charge in [0, 0.05) is 11.8 Å². The standard InChI is InChI=1S/C16H23BrO3/c1-20-13-9-10-16(19)14(12-13)15(18)8-6-4-2-3-5-7-11-17/h9-10,12,19H,2-8,11H2,1H3. The van der Waals surface area contributed by atoms with Crippen LogP contribution in [0.1, 0.15) is 55.3 Å². The Morgan fingerprint density at radius 2 is 1.80 bits per heavy atom. The summed E-state index contributed by atoms with van der Waals surface area (Å²) in [6.07, 6.45) is 7.29. The third-order valence-electron chi connectivity index (χ3n) is 3.29. The van der Waals surface area contributed by atoms with Crippen molar-refractivity contribution in [1.82, 2.24) is 0 Å². The molecule has 0 aliphatic rings. The van der Waals surface area contributed by atoms with Crippen LogP contribution >= 0.6 is 15.9 Å². The topological polar surface area (TPSA) is 46.5 Å². The van der Waals surface area contributed by atoms with Crippen LogP contribution in [-0.4, -0.2) is 23.3 Å². The Hall–Kier alpha value is -1.03. The zero-order valence-electron chi connectivity index (χ0n) is 12.0. The number of methoxy groups -OCH3 is 1. The summed E-state index contributed by atoms with van der Waals surface area (Å²) in [5.74, 6) is 0.621. The first-order chi connectivity index (χ1) is 9.69. The van der Waals surface area contributed by atoms with Crippen molar-refractivity contribution < 1.29 is 14.6 Å². The molecule has 3 nitrogen and oxygen atoms in total. The van der Waals surface area contributed by atoms with Crippen molar-refractivity contribution in [3.8, 4) is 11.5 Å². The highest BCUT2D eigenvalue weighted by molar-refractivity contribution is 9.09.